The lowest BCUT2D eigenvalue weighted by Gasteiger charge is -2.09. The third kappa shape index (κ3) is 4.10. The van der Waals surface area contributed by atoms with E-state index in [0.717, 1.165) is 5.56 Å². The van der Waals surface area contributed by atoms with Crippen LogP contribution in [0.1, 0.15) is 5.56 Å². The molecule has 0 bridgehead atoms. The molecule has 1 rings (SSSR count). The molecule has 0 fully saturated rings. The number of hydrogen-bond donors (Lipinski definition) is 2. The highest BCUT2D eigenvalue weighted by atomic mass is 16.2. The predicted octanol–water partition coefficient (Wildman–Crippen LogP) is 0.205. The van der Waals surface area contributed by atoms with E-state index in [-0.39, 0.29) is 18.4 Å². The lowest BCUT2D eigenvalue weighted by atomic mass is 10.3. The Balaban J connectivity index is 2.60. The van der Waals surface area contributed by atoms with Gasteiger partial charge in [-0.2, -0.15) is 0 Å². The standard InChI is InChI=1S/C11H17N5O/c1-8-5-4-6-13-10(8)15-11(12)14-7-9(17)16(2)3/h4-6H,7H2,1-3H3,(H3,12,13,14,15). The van der Waals surface area contributed by atoms with Gasteiger partial charge in [0.1, 0.15) is 12.4 Å². The van der Waals surface area contributed by atoms with E-state index in [1.54, 1.807) is 20.3 Å². The van der Waals surface area contributed by atoms with Gasteiger partial charge in [-0.1, -0.05) is 6.07 Å². The zero-order chi connectivity index (χ0) is 12.8. The van der Waals surface area contributed by atoms with Crippen LogP contribution in [0.25, 0.3) is 0 Å². The van der Waals surface area contributed by atoms with Gasteiger partial charge in [-0.15, -0.1) is 0 Å². The van der Waals surface area contributed by atoms with Crippen LogP contribution in [0.3, 0.4) is 0 Å². The second-order valence-corrected chi connectivity index (χ2v) is 3.78. The number of nitrogens with one attached hydrogen (secondary N) is 1. The SMILES string of the molecule is Cc1cccnc1NC(N)=NCC(=O)N(C)C. The van der Waals surface area contributed by atoms with Crippen LogP contribution in [0.15, 0.2) is 23.3 Å². The van der Waals surface area contributed by atoms with Gasteiger partial charge in [0.2, 0.25) is 5.91 Å². The van der Waals surface area contributed by atoms with Crippen LogP contribution in [0.5, 0.6) is 0 Å². The number of hydrogen-bond acceptors (Lipinski definition) is 3. The van der Waals surface area contributed by atoms with Gasteiger partial charge in [-0.3, -0.25) is 4.79 Å². The molecule has 0 radical (unpaired) electrons. The van der Waals surface area contributed by atoms with Crippen molar-refractivity contribution < 1.29 is 4.79 Å². The molecule has 0 spiro atoms. The number of pyridine rings is 1. The summed E-state index contributed by atoms with van der Waals surface area (Å²) in [5.74, 6) is 0.723. The zero-order valence-electron chi connectivity index (χ0n) is 10.3. The largest absolute Gasteiger partial charge is 0.370 e. The van der Waals surface area contributed by atoms with Crippen LogP contribution in [-0.2, 0) is 4.79 Å². The maximum Gasteiger partial charge on any atom is 0.243 e. The second-order valence-electron chi connectivity index (χ2n) is 3.78. The molecule has 0 aliphatic carbocycles. The summed E-state index contributed by atoms with van der Waals surface area (Å²) in [5.41, 5.74) is 6.61. The van der Waals surface area contributed by atoms with Crippen LogP contribution in [0.4, 0.5) is 5.82 Å². The lowest BCUT2D eigenvalue weighted by Crippen LogP contribution is -2.28. The molecule has 0 aromatic carbocycles. The van der Waals surface area contributed by atoms with Gasteiger partial charge < -0.3 is 16.0 Å². The first kappa shape index (κ1) is 13.0. The van der Waals surface area contributed by atoms with Gasteiger partial charge in [-0.05, 0) is 18.6 Å². The first-order chi connectivity index (χ1) is 8.00. The summed E-state index contributed by atoms with van der Waals surface area (Å²) in [5, 5.41) is 2.85. The number of guanidine groups is 1. The summed E-state index contributed by atoms with van der Waals surface area (Å²) in [7, 11) is 3.34. The number of aromatic nitrogens is 1. The minimum absolute atomic E-state index is 0.0255. The molecule has 0 saturated carbocycles. The molecule has 6 nitrogen and oxygen atoms in total. The molecule has 17 heavy (non-hydrogen) atoms. The van der Waals surface area contributed by atoms with Crippen LogP contribution in [-0.4, -0.2) is 42.4 Å². The number of anilines is 1. The minimum Gasteiger partial charge on any atom is -0.370 e. The minimum atomic E-state index is -0.104. The highest BCUT2D eigenvalue weighted by Gasteiger charge is 2.03. The fourth-order valence-electron chi connectivity index (χ4n) is 1.07. The molecule has 1 aromatic rings. The Bertz CT molecular complexity index is 428. The monoisotopic (exact) mass is 235 g/mol. The van der Waals surface area contributed by atoms with Crippen LogP contribution in [0.2, 0.25) is 0 Å². The van der Waals surface area contributed by atoms with Crippen molar-refractivity contribution in [1.82, 2.24) is 9.88 Å². The molecule has 6 heteroatoms. The Kier molecular flexibility index (Phi) is 4.45. The van der Waals surface area contributed by atoms with Gasteiger partial charge >= 0.3 is 0 Å². The summed E-state index contributed by atoms with van der Waals surface area (Å²) in [6.07, 6.45) is 1.66. The Labute approximate surface area is 101 Å². The Hall–Kier alpha value is -2.11. The molecule has 0 aliphatic heterocycles. The van der Waals surface area contributed by atoms with Crippen molar-refractivity contribution in [3.8, 4) is 0 Å². The van der Waals surface area contributed by atoms with E-state index in [4.69, 9.17) is 5.73 Å². The summed E-state index contributed by atoms with van der Waals surface area (Å²) < 4.78 is 0. The fraction of sp³-hybridized carbons (Fsp3) is 0.364. The lowest BCUT2D eigenvalue weighted by molar-refractivity contribution is -0.127. The van der Waals surface area contributed by atoms with Crippen molar-refractivity contribution in [2.45, 2.75) is 6.92 Å². The smallest absolute Gasteiger partial charge is 0.243 e. The number of likely N-dealkylation sites (N-methyl/N-ethyl adjacent to an activating group) is 1. The number of carbonyl (C=O) groups excluding carboxylic acids is 1. The third-order valence-electron chi connectivity index (χ3n) is 2.14. The number of rotatable bonds is 3. The van der Waals surface area contributed by atoms with Gasteiger partial charge in [0.15, 0.2) is 5.96 Å². The van der Waals surface area contributed by atoms with Crippen LogP contribution < -0.4 is 11.1 Å². The Morgan fingerprint density at radius 2 is 2.29 bits per heavy atom. The Morgan fingerprint density at radius 1 is 1.59 bits per heavy atom. The first-order valence-corrected chi connectivity index (χ1v) is 5.19. The average Bonchev–Trinajstić information content (AvgIpc) is 2.29. The van der Waals surface area contributed by atoms with Crippen molar-refractivity contribution in [2.24, 2.45) is 10.7 Å². The highest BCUT2D eigenvalue weighted by molar-refractivity contribution is 5.93. The molecule has 0 saturated heterocycles. The Morgan fingerprint density at radius 3 is 2.88 bits per heavy atom. The number of carbonyl (C=O) groups is 1. The van der Waals surface area contributed by atoms with Gasteiger partial charge in [-0.25, -0.2) is 9.98 Å². The molecular weight excluding hydrogens is 218 g/mol. The van der Waals surface area contributed by atoms with E-state index < -0.39 is 0 Å². The van der Waals surface area contributed by atoms with Crippen LogP contribution >= 0.6 is 0 Å². The average molecular weight is 235 g/mol. The van der Waals surface area contributed by atoms with Gasteiger partial charge in [0.05, 0.1) is 0 Å². The second kappa shape index (κ2) is 5.83. The van der Waals surface area contributed by atoms with Crippen molar-refractivity contribution in [3.63, 3.8) is 0 Å². The summed E-state index contributed by atoms with van der Waals surface area (Å²) in [4.78, 5) is 20.8. The van der Waals surface area contributed by atoms with Crippen molar-refractivity contribution in [1.29, 1.82) is 0 Å². The number of aliphatic imine (C=N–C) groups is 1. The first-order valence-electron chi connectivity index (χ1n) is 5.19. The number of aryl methyl sites for hydroxylation is 1. The zero-order valence-corrected chi connectivity index (χ0v) is 10.3. The van der Waals surface area contributed by atoms with Gasteiger partial charge in [0, 0.05) is 20.3 Å². The molecule has 1 amide bonds. The molecule has 0 unspecified atom stereocenters. The number of nitrogens with two attached hydrogens (primary N) is 1. The molecule has 0 atom stereocenters. The summed E-state index contributed by atoms with van der Waals surface area (Å²) in [6.45, 7) is 1.94. The van der Waals surface area contributed by atoms with Gasteiger partial charge in [0.25, 0.3) is 0 Å². The molecule has 0 aliphatic rings. The highest BCUT2D eigenvalue weighted by Crippen LogP contribution is 2.08. The number of nitrogens with zero attached hydrogens (tertiary/aromatic N) is 3. The predicted molar refractivity (Wildman–Crippen MR) is 67.8 cm³/mol. The summed E-state index contributed by atoms with van der Waals surface area (Å²) >= 11 is 0. The van der Waals surface area contributed by atoms with Crippen LogP contribution in [0, 0.1) is 6.92 Å². The fourth-order valence-corrected chi connectivity index (χ4v) is 1.07. The van der Waals surface area contributed by atoms with E-state index in [2.05, 4.69) is 15.3 Å². The normalized spacial score (nSPS) is 11.1. The molecular formula is C11H17N5O. The molecule has 92 valence electrons. The summed E-state index contributed by atoms with van der Waals surface area (Å²) in [6, 6.07) is 3.75. The topological polar surface area (TPSA) is 83.6 Å². The van der Waals surface area contributed by atoms with E-state index in [0.29, 0.717) is 5.82 Å². The van der Waals surface area contributed by atoms with E-state index >= 15 is 0 Å². The van der Waals surface area contributed by atoms with E-state index in [1.807, 2.05) is 19.1 Å². The van der Waals surface area contributed by atoms with Crippen molar-refractivity contribution in [3.05, 3.63) is 23.9 Å². The number of amides is 1. The molecule has 3 N–H and O–H groups in total. The molecule has 1 heterocycles. The third-order valence-corrected chi connectivity index (χ3v) is 2.14. The maximum atomic E-state index is 11.3. The van der Waals surface area contributed by atoms with Crippen molar-refractivity contribution in [2.75, 3.05) is 26.0 Å². The quantitative estimate of drug-likeness (QED) is 0.579. The van der Waals surface area contributed by atoms with E-state index in [9.17, 15) is 4.79 Å². The molecule has 1 aromatic heterocycles. The van der Waals surface area contributed by atoms with E-state index in [1.165, 1.54) is 4.90 Å². The maximum absolute atomic E-state index is 11.3. The van der Waals surface area contributed by atoms with Crippen molar-refractivity contribution >= 4 is 17.7 Å².